The Kier molecular flexibility index (Phi) is 6.32. The van der Waals surface area contributed by atoms with Gasteiger partial charge in [-0.05, 0) is 38.1 Å². The fraction of sp³-hybridized carbons (Fsp3) is 0.500. The lowest BCUT2D eigenvalue weighted by atomic mass is 9.95. The van der Waals surface area contributed by atoms with Crippen LogP contribution in [0.5, 0.6) is 0 Å². The second-order valence-electron chi connectivity index (χ2n) is 8.25. The summed E-state index contributed by atoms with van der Waals surface area (Å²) in [5.41, 5.74) is 2.23. The molecular weight excluding hydrogens is 380 g/mol. The zero-order valence-electron chi connectivity index (χ0n) is 17.5. The van der Waals surface area contributed by atoms with Gasteiger partial charge >= 0.3 is 0 Å². The molecule has 0 bridgehead atoms. The van der Waals surface area contributed by atoms with Gasteiger partial charge in [0.05, 0.1) is 5.69 Å². The Morgan fingerprint density at radius 2 is 1.83 bits per heavy atom. The first-order valence-electron chi connectivity index (χ1n) is 10.8. The number of nitrogens with zero attached hydrogens (tertiary/aromatic N) is 3. The third kappa shape index (κ3) is 4.81. The van der Waals surface area contributed by atoms with Crippen molar-refractivity contribution in [2.24, 2.45) is 0 Å². The number of anilines is 2. The maximum Gasteiger partial charge on any atom is 0.274 e. The van der Waals surface area contributed by atoms with Gasteiger partial charge in [-0.2, -0.15) is 5.10 Å². The van der Waals surface area contributed by atoms with E-state index in [4.69, 9.17) is 0 Å². The molecule has 4 rings (SSSR count). The van der Waals surface area contributed by atoms with Gasteiger partial charge in [-0.25, -0.2) is 0 Å². The van der Waals surface area contributed by atoms with Crippen molar-refractivity contribution in [2.45, 2.75) is 38.1 Å². The van der Waals surface area contributed by atoms with Crippen LogP contribution in [0.15, 0.2) is 30.5 Å². The Bertz CT molecular complexity index is 881. The Hall–Kier alpha value is -2.87. The average Bonchev–Trinajstić information content (AvgIpc) is 3.23. The van der Waals surface area contributed by atoms with E-state index in [1.165, 1.54) is 6.42 Å². The third-order valence-corrected chi connectivity index (χ3v) is 6.02. The van der Waals surface area contributed by atoms with E-state index in [0.717, 1.165) is 57.5 Å². The van der Waals surface area contributed by atoms with Gasteiger partial charge in [0.15, 0.2) is 5.69 Å². The number of carbonyl (C=O) groups excluding carboxylic acids is 2. The summed E-state index contributed by atoms with van der Waals surface area (Å²) in [7, 11) is 2.12. The van der Waals surface area contributed by atoms with Crippen LogP contribution < -0.4 is 15.5 Å². The van der Waals surface area contributed by atoms with E-state index in [1.54, 1.807) is 12.3 Å². The Morgan fingerprint density at radius 3 is 2.60 bits per heavy atom. The highest BCUT2D eigenvalue weighted by Crippen LogP contribution is 2.21. The second kappa shape index (κ2) is 9.30. The SMILES string of the molecule is CN1CCN(c2cccc(C(=O)Nc3c[nH]nc3C(=O)NC3CCCCC3)c2)CC1. The van der Waals surface area contributed by atoms with Gasteiger partial charge < -0.3 is 20.4 Å². The van der Waals surface area contributed by atoms with Crippen LogP contribution >= 0.6 is 0 Å². The first-order chi connectivity index (χ1) is 14.6. The van der Waals surface area contributed by atoms with Crippen LogP contribution in [0.1, 0.15) is 53.0 Å². The van der Waals surface area contributed by atoms with Crippen molar-refractivity contribution in [3.63, 3.8) is 0 Å². The molecule has 0 spiro atoms. The minimum Gasteiger partial charge on any atom is -0.369 e. The molecule has 1 aromatic carbocycles. The number of carbonyl (C=O) groups is 2. The number of likely N-dealkylation sites (N-methyl/N-ethyl adjacent to an activating group) is 1. The summed E-state index contributed by atoms with van der Waals surface area (Å²) in [5, 5.41) is 12.7. The largest absolute Gasteiger partial charge is 0.369 e. The Morgan fingerprint density at radius 1 is 1.07 bits per heavy atom. The summed E-state index contributed by atoms with van der Waals surface area (Å²) in [5.74, 6) is -0.497. The molecule has 8 heteroatoms. The van der Waals surface area contributed by atoms with Crippen LogP contribution in [-0.2, 0) is 0 Å². The molecule has 1 aliphatic heterocycles. The van der Waals surface area contributed by atoms with Gasteiger partial charge in [-0.15, -0.1) is 0 Å². The van der Waals surface area contributed by atoms with Gasteiger partial charge in [0.1, 0.15) is 0 Å². The number of benzene rings is 1. The van der Waals surface area contributed by atoms with Crippen molar-refractivity contribution in [2.75, 3.05) is 43.4 Å². The standard InChI is InChI=1S/C22H30N6O2/c1-27-10-12-28(13-11-27)18-9-5-6-16(14-18)21(29)25-19-15-23-26-20(19)22(30)24-17-7-3-2-4-8-17/h5-6,9,14-15,17H,2-4,7-8,10-13H2,1H3,(H,23,26)(H,24,30)(H,25,29). The van der Waals surface area contributed by atoms with Gasteiger partial charge in [-0.3, -0.25) is 14.7 Å². The molecule has 2 aromatic rings. The molecule has 2 amide bonds. The predicted octanol–water partition coefficient (Wildman–Crippen LogP) is 2.48. The van der Waals surface area contributed by atoms with Crippen molar-refractivity contribution in [3.05, 3.63) is 41.7 Å². The smallest absolute Gasteiger partial charge is 0.274 e. The summed E-state index contributed by atoms with van der Waals surface area (Å²) in [4.78, 5) is 30.1. The Balaban J connectivity index is 1.41. The minimum absolute atomic E-state index is 0.187. The zero-order chi connectivity index (χ0) is 20.9. The third-order valence-electron chi connectivity index (χ3n) is 6.02. The summed E-state index contributed by atoms with van der Waals surface area (Å²) in [6.45, 7) is 3.89. The normalized spacial score (nSPS) is 18.2. The molecule has 0 unspecified atom stereocenters. The van der Waals surface area contributed by atoms with Gasteiger partial charge in [-0.1, -0.05) is 25.3 Å². The van der Waals surface area contributed by atoms with Crippen LogP contribution in [0.2, 0.25) is 0 Å². The lowest BCUT2D eigenvalue weighted by molar-refractivity contribution is 0.0923. The van der Waals surface area contributed by atoms with Crippen LogP contribution in [0.3, 0.4) is 0 Å². The van der Waals surface area contributed by atoms with Crippen LogP contribution in [0.25, 0.3) is 0 Å². The molecular formula is C22H30N6O2. The first kappa shape index (κ1) is 20.4. The summed E-state index contributed by atoms with van der Waals surface area (Å²) >= 11 is 0. The summed E-state index contributed by atoms with van der Waals surface area (Å²) in [6.07, 6.45) is 7.05. The molecule has 160 valence electrons. The van der Waals surface area contributed by atoms with Crippen molar-refractivity contribution in [1.29, 1.82) is 0 Å². The number of nitrogens with one attached hydrogen (secondary N) is 3. The molecule has 30 heavy (non-hydrogen) atoms. The highest BCUT2D eigenvalue weighted by atomic mass is 16.2. The van der Waals surface area contributed by atoms with Gasteiger partial charge in [0.25, 0.3) is 11.8 Å². The molecule has 2 fully saturated rings. The quantitative estimate of drug-likeness (QED) is 0.704. The zero-order valence-corrected chi connectivity index (χ0v) is 17.5. The first-order valence-corrected chi connectivity index (χ1v) is 10.8. The minimum atomic E-state index is -0.251. The van der Waals surface area contributed by atoms with Gasteiger partial charge in [0.2, 0.25) is 0 Å². The summed E-state index contributed by atoms with van der Waals surface area (Å²) in [6, 6.07) is 7.81. The van der Waals surface area contributed by atoms with E-state index in [9.17, 15) is 9.59 Å². The van der Waals surface area contributed by atoms with Crippen LogP contribution in [-0.4, -0.2) is 66.2 Å². The molecule has 3 N–H and O–H groups in total. The molecule has 1 aromatic heterocycles. The highest BCUT2D eigenvalue weighted by Gasteiger charge is 2.22. The number of amides is 2. The number of aromatic amines is 1. The topological polar surface area (TPSA) is 93.4 Å². The van der Waals surface area contributed by atoms with E-state index in [2.05, 4.69) is 37.7 Å². The predicted molar refractivity (Wildman–Crippen MR) is 117 cm³/mol. The van der Waals surface area contributed by atoms with Crippen LogP contribution in [0.4, 0.5) is 11.4 Å². The summed E-state index contributed by atoms with van der Waals surface area (Å²) < 4.78 is 0. The molecule has 1 saturated carbocycles. The van der Waals surface area contributed by atoms with E-state index in [-0.39, 0.29) is 23.6 Å². The number of hydrogen-bond donors (Lipinski definition) is 3. The van der Waals surface area contributed by atoms with Crippen molar-refractivity contribution < 1.29 is 9.59 Å². The van der Waals surface area contributed by atoms with Crippen LogP contribution in [0, 0.1) is 0 Å². The molecule has 8 nitrogen and oxygen atoms in total. The Labute approximate surface area is 177 Å². The maximum absolute atomic E-state index is 12.9. The second-order valence-corrected chi connectivity index (χ2v) is 8.25. The van der Waals surface area contributed by atoms with Crippen molar-refractivity contribution in [3.8, 4) is 0 Å². The fourth-order valence-corrected chi connectivity index (χ4v) is 4.16. The van der Waals surface area contributed by atoms with Crippen molar-refractivity contribution >= 4 is 23.2 Å². The fourth-order valence-electron chi connectivity index (χ4n) is 4.16. The number of hydrogen-bond acceptors (Lipinski definition) is 5. The number of piperazine rings is 1. The van der Waals surface area contributed by atoms with Gasteiger partial charge in [0, 0.05) is 49.7 Å². The number of aromatic nitrogens is 2. The van der Waals surface area contributed by atoms with E-state index < -0.39 is 0 Å². The molecule has 1 aliphatic carbocycles. The van der Waals surface area contributed by atoms with E-state index in [1.807, 2.05) is 18.2 Å². The monoisotopic (exact) mass is 410 g/mol. The average molecular weight is 411 g/mol. The molecule has 2 heterocycles. The molecule has 1 saturated heterocycles. The van der Waals surface area contributed by atoms with Crippen molar-refractivity contribution in [1.82, 2.24) is 20.4 Å². The lowest BCUT2D eigenvalue weighted by Gasteiger charge is -2.34. The molecule has 0 radical (unpaired) electrons. The number of H-pyrrole nitrogens is 1. The lowest BCUT2D eigenvalue weighted by Crippen LogP contribution is -2.44. The molecule has 2 aliphatic rings. The molecule has 0 atom stereocenters. The highest BCUT2D eigenvalue weighted by molar-refractivity contribution is 6.08. The van der Waals surface area contributed by atoms with E-state index >= 15 is 0 Å². The number of rotatable bonds is 5. The maximum atomic E-state index is 12.9. The van der Waals surface area contributed by atoms with E-state index in [0.29, 0.717) is 11.3 Å².